The van der Waals surface area contributed by atoms with Gasteiger partial charge in [0.15, 0.2) is 28.0 Å². The zero-order valence-corrected chi connectivity index (χ0v) is 16.0. The minimum atomic E-state index is -1.01. The number of ether oxygens (including phenoxy) is 2. The first kappa shape index (κ1) is 16.5. The maximum atomic E-state index is 11.0. The lowest BCUT2D eigenvalue weighted by molar-refractivity contribution is 0.134. The van der Waals surface area contributed by atoms with E-state index in [0.717, 1.165) is 17.5 Å². The maximum absolute atomic E-state index is 11.0. The molecule has 0 spiro atoms. The largest absolute Gasteiger partial charge is 0.489 e. The fourth-order valence-corrected chi connectivity index (χ4v) is 4.90. The number of thioether (sulfide) groups is 1. The van der Waals surface area contributed by atoms with Gasteiger partial charge in [-0.3, -0.25) is 4.57 Å². The van der Waals surface area contributed by atoms with E-state index in [4.69, 9.17) is 21.1 Å². The summed E-state index contributed by atoms with van der Waals surface area (Å²) in [6.07, 6.45) is 1.69. The van der Waals surface area contributed by atoms with E-state index in [1.165, 1.54) is 23.5 Å². The van der Waals surface area contributed by atoms with Crippen LogP contribution in [-0.2, 0) is 0 Å². The van der Waals surface area contributed by atoms with E-state index in [0.29, 0.717) is 45.6 Å². The molecule has 10 heteroatoms. The van der Waals surface area contributed by atoms with Gasteiger partial charge in [-0.15, -0.1) is 0 Å². The number of aliphatic hydroxyl groups is 1. The van der Waals surface area contributed by atoms with E-state index in [1.54, 1.807) is 4.57 Å². The highest BCUT2D eigenvalue weighted by Gasteiger charge is 2.32. The average Bonchev–Trinajstić information content (AvgIpc) is 2.81. The van der Waals surface area contributed by atoms with Gasteiger partial charge in [-0.1, -0.05) is 23.4 Å². The van der Waals surface area contributed by atoms with Gasteiger partial charge in [-0.25, -0.2) is 15.0 Å². The first-order chi connectivity index (χ1) is 12.7. The van der Waals surface area contributed by atoms with Crippen molar-refractivity contribution in [1.82, 2.24) is 19.5 Å². The SMILES string of the molecule is CSc1nc(Cl)c2c(n1)Sc1nc3cc4c(cc3n1C2O)OCCCO4. The Morgan fingerprint density at radius 2 is 2.00 bits per heavy atom. The second-order valence-corrected chi connectivity index (χ2v) is 7.89. The number of aliphatic hydroxyl groups excluding tert-OH is 1. The minimum absolute atomic E-state index is 0.251. The molecule has 0 amide bonds. The maximum Gasteiger partial charge on any atom is 0.189 e. The molecule has 0 aliphatic carbocycles. The molecule has 2 aliphatic rings. The number of rotatable bonds is 1. The van der Waals surface area contributed by atoms with Gasteiger partial charge < -0.3 is 14.6 Å². The van der Waals surface area contributed by atoms with Gasteiger partial charge in [0.2, 0.25) is 0 Å². The van der Waals surface area contributed by atoms with Crippen molar-refractivity contribution in [1.29, 1.82) is 0 Å². The van der Waals surface area contributed by atoms with Crippen molar-refractivity contribution in [2.75, 3.05) is 19.5 Å². The highest BCUT2D eigenvalue weighted by atomic mass is 35.5. The first-order valence-electron chi connectivity index (χ1n) is 7.94. The Bertz CT molecular complexity index is 1040. The van der Waals surface area contributed by atoms with E-state index >= 15 is 0 Å². The van der Waals surface area contributed by atoms with Crippen LogP contribution in [0.2, 0.25) is 5.15 Å². The average molecular weight is 409 g/mol. The molecule has 26 heavy (non-hydrogen) atoms. The van der Waals surface area contributed by atoms with Crippen molar-refractivity contribution < 1.29 is 14.6 Å². The predicted octanol–water partition coefficient (Wildman–Crippen LogP) is 3.37. The molecule has 5 rings (SSSR count). The summed E-state index contributed by atoms with van der Waals surface area (Å²) < 4.78 is 13.2. The second-order valence-electron chi connectivity index (χ2n) is 5.80. The van der Waals surface area contributed by atoms with Gasteiger partial charge in [-0.05, 0) is 18.0 Å². The number of benzene rings is 1. The lowest BCUT2D eigenvalue weighted by Gasteiger charge is -2.24. The molecule has 0 bridgehead atoms. The summed E-state index contributed by atoms with van der Waals surface area (Å²) in [4.78, 5) is 13.4. The molecule has 0 saturated carbocycles. The van der Waals surface area contributed by atoms with Crippen LogP contribution in [0.3, 0.4) is 0 Å². The van der Waals surface area contributed by atoms with Crippen LogP contribution in [0.1, 0.15) is 18.2 Å². The normalized spacial score (nSPS) is 18.3. The van der Waals surface area contributed by atoms with Crippen LogP contribution in [0.5, 0.6) is 11.5 Å². The quantitative estimate of drug-likeness (QED) is 0.373. The predicted molar refractivity (Wildman–Crippen MR) is 98.6 cm³/mol. The molecule has 1 unspecified atom stereocenters. The number of halogens is 1. The molecule has 134 valence electrons. The number of aromatic nitrogens is 4. The van der Waals surface area contributed by atoms with E-state index in [2.05, 4.69) is 15.0 Å². The van der Waals surface area contributed by atoms with E-state index < -0.39 is 6.23 Å². The Morgan fingerprint density at radius 3 is 2.77 bits per heavy atom. The summed E-state index contributed by atoms with van der Waals surface area (Å²) in [5, 5.41) is 13.0. The summed E-state index contributed by atoms with van der Waals surface area (Å²) in [6, 6.07) is 3.70. The highest BCUT2D eigenvalue weighted by Crippen LogP contribution is 2.45. The molecule has 0 saturated heterocycles. The van der Waals surface area contributed by atoms with Gasteiger partial charge in [0, 0.05) is 18.6 Å². The van der Waals surface area contributed by atoms with Gasteiger partial charge >= 0.3 is 0 Å². The highest BCUT2D eigenvalue weighted by molar-refractivity contribution is 7.99. The monoisotopic (exact) mass is 408 g/mol. The van der Waals surface area contributed by atoms with Crippen LogP contribution >= 0.6 is 35.1 Å². The van der Waals surface area contributed by atoms with Crippen LogP contribution in [-0.4, -0.2) is 44.1 Å². The third kappa shape index (κ3) is 2.45. The molecule has 0 radical (unpaired) electrons. The second kappa shape index (κ2) is 6.19. The van der Waals surface area contributed by atoms with Crippen molar-refractivity contribution >= 4 is 46.2 Å². The Morgan fingerprint density at radius 1 is 1.23 bits per heavy atom. The fraction of sp³-hybridized carbons (Fsp3) is 0.312. The Balaban J connectivity index is 1.70. The molecule has 2 aromatic heterocycles. The molecule has 0 fully saturated rings. The van der Waals surface area contributed by atoms with Crippen molar-refractivity contribution in [2.24, 2.45) is 0 Å². The van der Waals surface area contributed by atoms with Crippen molar-refractivity contribution in [3.05, 3.63) is 22.8 Å². The first-order valence-corrected chi connectivity index (χ1v) is 10.4. The number of hydrogen-bond acceptors (Lipinski definition) is 8. The number of hydrogen-bond donors (Lipinski definition) is 1. The van der Waals surface area contributed by atoms with Gasteiger partial charge in [-0.2, -0.15) is 0 Å². The third-order valence-electron chi connectivity index (χ3n) is 4.24. The number of imidazole rings is 1. The third-order valence-corrected chi connectivity index (χ3v) is 6.05. The summed E-state index contributed by atoms with van der Waals surface area (Å²) >= 11 is 9.09. The molecular weight excluding hydrogens is 396 g/mol. The lowest BCUT2D eigenvalue weighted by Crippen LogP contribution is -2.18. The number of nitrogens with zero attached hydrogens (tertiary/aromatic N) is 4. The lowest BCUT2D eigenvalue weighted by atomic mass is 10.2. The van der Waals surface area contributed by atoms with Crippen LogP contribution in [0.4, 0.5) is 0 Å². The van der Waals surface area contributed by atoms with Crippen molar-refractivity contribution in [2.45, 2.75) is 28.0 Å². The minimum Gasteiger partial charge on any atom is -0.489 e. The zero-order chi connectivity index (χ0) is 17.8. The van der Waals surface area contributed by atoms with Crippen molar-refractivity contribution in [3.8, 4) is 11.5 Å². The van der Waals surface area contributed by atoms with Crippen LogP contribution in [0.15, 0.2) is 27.5 Å². The molecule has 1 atom stereocenters. The van der Waals surface area contributed by atoms with Crippen molar-refractivity contribution in [3.63, 3.8) is 0 Å². The molecular formula is C16H13ClN4O3S2. The number of fused-ring (bicyclic) bond motifs is 5. The van der Waals surface area contributed by atoms with E-state index in [1.807, 2.05) is 18.4 Å². The molecule has 1 aromatic carbocycles. The standard InChI is InChI=1S/C16H13ClN4O3S2/c1-25-15-19-12(17)11-13(20-15)26-16-18-7-5-9-10(24-4-2-3-23-9)6-8(7)21(16)14(11)22/h5-6,14,22H,2-4H2,1H3. The molecule has 1 N–H and O–H groups in total. The van der Waals surface area contributed by atoms with Crippen LogP contribution in [0, 0.1) is 0 Å². The van der Waals surface area contributed by atoms with E-state index in [-0.39, 0.29) is 5.15 Å². The fourth-order valence-electron chi connectivity index (χ4n) is 3.04. The van der Waals surface area contributed by atoms with Crippen LogP contribution < -0.4 is 9.47 Å². The molecule has 2 aliphatic heterocycles. The summed E-state index contributed by atoms with van der Waals surface area (Å²) in [5.41, 5.74) is 1.96. The molecule has 4 heterocycles. The molecule has 3 aromatic rings. The Hall–Kier alpha value is -1.68. The zero-order valence-electron chi connectivity index (χ0n) is 13.6. The summed E-state index contributed by atoms with van der Waals surface area (Å²) in [7, 11) is 0. The summed E-state index contributed by atoms with van der Waals surface area (Å²) in [6.45, 7) is 1.20. The van der Waals surface area contributed by atoms with Crippen LogP contribution in [0.25, 0.3) is 11.0 Å². The smallest absolute Gasteiger partial charge is 0.189 e. The topological polar surface area (TPSA) is 82.3 Å². The Labute approximate surface area is 162 Å². The Kier molecular flexibility index (Phi) is 3.93. The van der Waals surface area contributed by atoms with E-state index in [9.17, 15) is 5.11 Å². The van der Waals surface area contributed by atoms with Gasteiger partial charge in [0.25, 0.3) is 0 Å². The summed E-state index contributed by atoms with van der Waals surface area (Å²) in [5.74, 6) is 1.32. The van der Waals surface area contributed by atoms with Gasteiger partial charge in [0.05, 0.1) is 29.8 Å². The molecule has 7 nitrogen and oxygen atoms in total. The van der Waals surface area contributed by atoms with Gasteiger partial charge in [0.1, 0.15) is 10.2 Å².